The first-order valence-corrected chi connectivity index (χ1v) is 9.37. The molecule has 1 amide bonds. The summed E-state index contributed by atoms with van der Waals surface area (Å²) in [5.41, 5.74) is -0.458. The van der Waals surface area contributed by atoms with Crippen LogP contribution >= 0.6 is 11.3 Å². The smallest absolute Gasteiger partial charge is 0.350 e. The molecule has 8 nitrogen and oxygen atoms in total. The SMILES string of the molecule is CC(C)Cn1c(=O)c2sccc2n2c(=O)n(CC(=O)NC(C)(C)C)nc12. The normalized spacial score (nSPS) is 12.4. The Morgan fingerprint density at radius 1 is 1.31 bits per heavy atom. The molecule has 3 rings (SSSR count). The lowest BCUT2D eigenvalue weighted by Gasteiger charge is -2.20. The minimum absolute atomic E-state index is 0.160. The van der Waals surface area contributed by atoms with Gasteiger partial charge in [-0.3, -0.25) is 14.2 Å². The number of nitrogens with zero attached hydrogens (tertiary/aromatic N) is 4. The average Bonchev–Trinajstić information content (AvgIpc) is 3.07. The quantitative estimate of drug-likeness (QED) is 0.745. The number of hydrogen-bond acceptors (Lipinski definition) is 5. The number of fused-ring (bicyclic) bond motifs is 3. The third-order valence-electron chi connectivity index (χ3n) is 3.74. The highest BCUT2D eigenvalue weighted by Gasteiger charge is 2.21. The van der Waals surface area contributed by atoms with E-state index in [0.717, 1.165) is 4.68 Å². The van der Waals surface area contributed by atoms with E-state index in [0.29, 0.717) is 16.8 Å². The van der Waals surface area contributed by atoms with Gasteiger partial charge in [0.15, 0.2) is 0 Å². The molecule has 0 bridgehead atoms. The van der Waals surface area contributed by atoms with Gasteiger partial charge in [-0.25, -0.2) is 13.9 Å². The number of amides is 1. The number of carbonyl (C=O) groups excluding carboxylic acids is 1. The molecule has 1 N–H and O–H groups in total. The van der Waals surface area contributed by atoms with E-state index in [2.05, 4.69) is 10.4 Å². The molecule has 0 aromatic carbocycles. The van der Waals surface area contributed by atoms with Crippen LogP contribution in [0.25, 0.3) is 16.0 Å². The van der Waals surface area contributed by atoms with Gasteiger partial charge < -0.3 is 5.32 Å². The van der Waals surface area contributed by atoms with Crippen molar-refractivity contribution in [3.63, 3.8) is 0 Å². The van der Waals surface area contributed by atoms with E-state index < -0.39 is 11.2 Å². The summed E-state index contributed by atoms with van der Waals surface area (Å²) in [6, 6.07) is 1.73. The van der Waals surface area contributed by atoms with E-state index in [1.165, 1.54) is 20.3 Å². The predicted octanol–water partition coefficient (Wildman–Crippen LogP) is 1.44. The van der Waals surface area contributed by atoms with Crippen molar-refractivity contribution < 1.29 is 4.79 Å². The van der Waals surface area contributed by atoms with E-state index in [1.54, 1.807) is 11.4 Å². The Morgan fingerprint density at radius 2 is 2.00 bits per heavy atom. The van der Waals surface area contributed by atoms with Crippen LogP contribution in [0, 0.1) is 5.92 Å². The maximum absolute atomic E-state index is 12.9. The van der Waals surface area contributed by atoms with Gasteiger partial charge in [0.25, 0.3) is 5.56 Å². The molecule has 140 valence electrons. The van der Waals surface area contributed by atoms with E-state index >= 15 is 0 Å². The van der Waals surface area contributed by atoms with Crippen LogP contribution in [-0.4, -0.2) is 30.2 Å². The van der Waals surface area contributed by atoms with Gasteiger partial charge in [0.1, 0.15) is 11.2 Å². The summed E-state index contributed by atoms with van der Waals surface area (Å²) in [4.78, 5) is 37.9. The minimum atomic E-state index is -0.426. The number of rotatable bonds is 4. The molecule has 0 saturated carbocycles. The molecule has 0 fully saturated rings. The molecule has 0 unspecified atom stereocenters. The summed E-state index contributed by atoms with van der Waals surface area (Å²) >= 11 is 1.30. The first kappa shape index (κ1) is 18.4. The molecule has 3 aromatic rings. The highest BCUT2D eigenvalue weighted by atomic mass is 32.1. The Kier molecular flexibility index (Phi) is 4.51. The standard InChI is InChI=1S/C17H23N5O3S/c1-10(2)8-20-14(24)13-11(6-7-26-13)22-15(20)19-21(16(22)25)9-12(23)18-17(3,4)5/h6-7,10H,8-9H2,1-5H3,(H,18,23). The first-order chi connectivity index (χ1) is 12.1. The van der Waals surface area contributed by atoms with Crippen molar-refractivity contribution >= 4 is 33.2 Å². The van der Waals surface area contributed by atoms with Gasteiger partial charge in [-0.15, -0.1) is 16.4 Å². The van der Waals surface area contributed by atoms with Crippen molar-refractivity contribution in [1.82, 2.24) is 24.1 Å². The topological polar surface area (TPSA) is 90.4 Å². The minimum Gasteiger partial charge on any atom is -0.350 e. The molecule has 26 heavy (non-hydrogen) atoms. The van der Waals surface area contributed by atoms with Gasteiger partial charge >= 0.3 is 5.69 Å². The Morgan fingerprint density at radius 3 is 2.62 bits per heavy atom. The van der Waals surface area contributed by atoms with E-state index in [1.807, 2.05) is 34.6 Å². The summed E-state index contributed by atoms with van der Waals surface area (Å²) in [5, 5.41) is 8.89. The second-order valence-electron chi connectivity index (χ2n) is 7.82. The van der Waals surface area contributed by atoms with Gasteiger partial charge in [0, 0.05) is 12.1 Å². The third kappa shape index (κ3) is 3.31. The maximum atomic E-state index is 12.9. The van der Waals surface area contributed by atoms with Crippen LogP contribution in [0.5, 0.6) is 0 Å². The van der Waals surface area contributed by atoms with Crippen molar-refractivity contribution in [2.75, 3.05) is 0 Å². The van der Waals surface area contributed by atoms with Crippen LogP contribution in [0.3, 0.4) is 0 Å². The summed E-state index contributed by atoms with van der Waals surface area (Å²) in [5.74, 6) is 0.170. The molecular formula is C17H23N5O3S. The number of nitrogens with one attached hydrogen (secondary N) is 1. The summed E-state index contributed by atoms with van der Waals surface area (Å²) in [7, 11) is 0. The van der Waals surface area contributed by atoms with Crippen LogP contribution in [0.15, 0.2) is 21.0 Å². The van der Waals surface area contributed by atoms with Gasteiger partial charge in [-0.1, -0.05) is 13.8 Å². The summed E-state index contributed by atoms with van der Waals surface area (Å²) in [6.45, 7) is 9.84. The van der Waals surface area contributed by atoms with Gasteiger partial charge in [-0.05, 0) is 38.1 Å². The number of aromatic nitrogens is 4. The van der Waals surface area contributed by atoms with Crippen molar-refractivity contribution in [3.8, 4) is 0 Å². The van der Waals surface area contributed by atoms with Crippen LogP contribution in [0.2, 0.25) is 0 Å². The molecule has 0 spiro atoms. The second kappa shape index (κ2) is 6.39. The molecule has 0 radical (unpaired) electrons. The highest BCUT2D eigenvalue weighted by molar-refractivity contribution is 7.17. The van der Waals surface area contributed by atoms with E-state index in [-0.39, 0.29) is 29.7 Å². The van der Waals surface area contributed by atoms with Crippen LogP contribution in [0.1, 0.15) is 34.6 Å². The number of thiophene rings is 1. The van der Waals surface area contributed by atoms with Gasteiger partial charge in [-0.2, -0.15) is 0 Å². The Bertz CT molecular complexity index is 1090. The maximum Gasteiger partial charge on any atom is 0.352 e. The molecule has 3 aromatic heterocycles. The lowest BCUT2D eigenvalue weighted by atomic mass is 10.1. The van der Waals surface area contributed by atoms with Crippen LogP contribution in [0.4, 0.5) is 0 Å². The number of hydrogen-bond donors (Lipinski definition) is 1. The zero-order chi connectivity index (χ0) is 19.2. The Hall–Kier alpha value is -2.42. The second-order valence-corrected chi connectivity index (χ2v) is 8.73. The lowest BCUT2D eigenvalue weighted by molar-refractivity contribution is -0.123. The zero-order valence-electron chi connectivity index (χ0n) is 15.6. The summed E-state index contributed by atoms with van der Waals surface area (Å²) < 4.78 is 4.56. The van der Waals surface area contributed by atoms with Gasteiger partial charge in [0.05, 0.1) is 5.52 Å². The van der Waals surface area contributed by atoms with Crippen molar-refractivity contribution in [2.24, 2.45) is 5.92 Å². The fraction of sp³-hybridized carbons (Fsp3) is 0.529. The van der Waals surface area contributed by atoms with E-state index in [4.69, 9.17) is 0 Å². The monoisotopic (exact) mass is 377 g/mol. The van der Waals surface area contributed by atoms with E-state index in [9.17, 15) is 14.4 Å². The van der Waals surface area contributed by atoms with Crippen LogP contribution < -0.4 is 16.6 Å². The fourth-order valence-corrected chi connectivity index (χ4v) is 3.68. The van der Waals surface area contributed by atoms with Crippen molar-refractivity contribution in [2.45, 2.75) is 53.2 Å². The molecule has 0 aliphatic heterocycles. The fourth-order valence-electron chi connectivity index (χ4n) is 2.86. The molecule has 3 heterocycles. The molecule has 0 aliphatic carbocycles. The van der Waals surface area contributed by atoms with Crippen molar-refractivity contribution in [3.05, 3.63) is 32.3 Å². The van der Waals surface area contributed by atoms with Crippen molar-refractivity contribution in [1.29, 1.82) is 0 Å². The Labute approximate surface area is 154 Å². The van der Waals surface area contributed by atoms with Crippen LogP contribution in [-0.2, 0) is 17.9 Å². The van der Waals surface area contributed by atoms with Gasteiger partial charge in [0.2, 0.25) is 11.7 Å². The highest BCUT2D eigenvalue weighted by Crippen LogP contribution is 2.17. The predicted molar refractivity (Wildman–Crippen MR) is 102 cm³/mol. The third-order valence-corrected chi connectivity index (χ3v) is 4.64. The first-order valence-electron chi connectivity index (χ1n) is 8.49. The molecule has 0 aliphatic rings. The molecular weight excluding hydrogens is 354 g/mol. The lowest BCUT2D eigenvalue weighted by Crippen LogP contribution is -2.43. The number of carbonyl (C=O) groups is 1. The molecule has 9 heteroatoms. The Balaban J connectivity index is 2.19. The summed E-state index contributed by atoms with van der Waals surface area (Å²) in [6.07, 6.45) is 0. The average molecular weight is 377 g/mol. The largest absolute Gasteiger partial charge is 0.352 e. The molecule has 0 saturated heterocycles. The molecule has 0 atom stereocenters. The zero-order valence-corrected chi connectivity index (χ0v) is 16.4.